The van der Waals surface area contributed by atoms with Crippen LogP contribution in [0, 0.1) is 6.92 Å². The van der Waals surface area contributed by atoms with Gasteiger partial charge in [0.2, 0.25) is 11.2 Å². The van der Waals surface area contributed by atoms with Crippen LogP contribution in [0.4, 0.5) is 0 Å². The van der Waals surface area contributed by atoms with E-state index in [-0.39, 0.29) is 22.3 Å². The molecule has 4 nitrogen and oxygen atoms in total. The lowest BCUT2D eigenvalue weighted by Gasteiger charge is -2.19. The fraction of sp³-hybridized carbons (Fsp3) is 0.200. The van der Waals surface area contributed by atoms with Crippen molar-refractivity contribution in [1.82, 2.24) is 0 Å². The van der Waals surface area contributed by atoms with Crippen LogP contribution < -0.4 is 10.2 Å². The third kappa shape index (κ3) is 4.16. The van der Waals surface area contributed by atoms with E-state index in [1.54, 1.807) is 29.6 Å². The van der Waals surface area contributed by atoms with Crippen molar-refractivity contribution in [2.75, 3.05) is 0 Å². The molecule has 2 heterocycles. The highest BCUT2D eigenvalue weighted by Crippen LogP contribution is 2.34. The third-order valence-electron chi connectivity index (χ3n) is 5.06. The maximum Gasteiger partial charge on any atom is 0.353 e. The molecule has 0 aliphatic heterocycles. The van der Waals surface area contributed by atoms with E-state index in [2.05, 4.69) is 20.8 Å². The number of ether oxygens (including phenoxy) is 1. The van der Waals surface area contributed by atoms with E-state index < -0.39 is 11.4 Å². The molecule has 2 aromatic carbocycles. The highest BCUT2D eigenvalue weighted by molar-refractivity contribution is 7.12. The van der Waals surface area contributed by atoms with Crippen molar-refractivity contribution in [2.24, 2.45) is 0 Å². The molecule has 0 spiro atoms. The lowest BCUT2D eigenvalue weighted by atomic mass is 9.86. The van der Waals surface area contributed by atoms with Crippen molar-refractivity contribution >= 4 is 39.9 Å². The molecule has 0 atom stereocenters. The first kappa shape index (κ1) is 21.3. The topological polar surface area (TPSA) is 56.5 Å². The predicted octanol–water partition coefficient (Wildman–Crippen LogP) is 7.00. The van der Waals surface area contributed by atoms with Crippen LogP contribution in [0.1, 0.15) is 41.6 Å². The smallest absolute Gasteiger partial charge is 0.353 e. The quantitative estimate of drug-likeness (QED) is 0.314. The molecule has 6 heteroatoms. The zero-order valence-electron chi connectivity index (χ0n) is 17.6. The standard InChI is InChI=1S/C25H21ClO4S/c1-14-12-19-17(13-18(14)26)21(27)23(30-24(28)20-6-5-11-31-20)22(29-19)15-7-9-16(10-8-15)25(2,3)4/h5-13H,1-4H3. The van der Waals surface area contributed by atoms with Gasteiger partial charge in [-0.25, -0.2) is 4.79 Å². The number of hydrogen-bond acceptors (Lipinski definition) is 5. The predicted molar refractivity (Wildman–Crippen MR) is 126 cm³/mol. The molecular formula is C25H21ClO4S. The minimum absolute atomic E-state index is 0.0227. The monoisotopic (exact) mass is 452 g/mol. The Hall–Kier alpha value is -2.89. The largest absolute Gasteiger partial charge is 0.452 e. The number of halogens is 1. The SMILES string of the molecule is Cc1cc2oc(-c3ccc(C(C)(C)C)cc3)c(OC(=O)c3cccs3)c(=O)c2cc1Cl. The molecule has 0 radical (unpaired) electrons. The van der Waals surface area contributed by atoms with Crippen molar-refractivity contribution in [2.45, 2.75) is 33.1 Å². The van der Waals surface area contributed by atoms with Gasteiger partial charge in [0.15, 0.2) is 5.76 Å². The summed E-state index contributed by atoms with van der Waals surface area (Å²) >= 11 is 7.47. The number of carbonyl (C=O) groups is 1. The van der Waals surface area contributed by atoms with Crippen LogP contribution in [0.15, 0.2) is 63.1 Å². The molecule has 0 aliphatic rings. The number of thiophene rings is 1. The van der Waals surface area contributed by atoms with Gasteiger partial charge in [0.25, 0.3) is 0 Å². The van der Waals surface area contributed by atoms with Gasteiger partial charge < -0.3 is 9.15 Å². The zero-order chi connectivity index (χ0) is 22.3. The first-order chi connectivity index (χ1) is 14.6. The van der Waals surface area contributed by atoms with Gasteiger partial charge in [-0.15, -0.1) is 11.3 Å². The molecule has 0 amide bonds. The summed E-state index contributed by atoms with van der Waals surface area (Å²) < 4.78 is 11.7. The lowest BCUT2D eigenvalue weighted by molar-refractivity contribution is 0.0736. The number of carbonyl (C=O) groups excluding carboxylic acids is 1. The van der Waals surface area contributed by atoms with Crippen LogP contribution in [0.5, 0.6) is 5.75 Å². The van der Waals surface area contributed by atoms with Gasteiger partial charge in [-0.2, -0.15) is 0 Å². The Morgan fingerprint density at radius 3 is 2.42 bits per heavy atom. The Balaban J connectivity index is 1.92. The van der Waals surface area contributed by atoms with Crippen molar-refractivity contribution in [3.8, 4) is 17.1 Å². The third-order valence-corrected chi connectivity index (χ3v) is 6.32. The van der Waals surface area contributed by atoms with E-state index in [1.165, 1.54) is 11.3 Å². The number of rotatable bonds is 3. The van der Waals surface area contributed by atoms with Gasteiger partial charge in [0, 0.05) is 10.6 Å². The molecule has 0 saturated heterocycles. The van der Waals surface area contributed by atoms with Crippen LogP contribution in [-0.2, 0) is 5.41 Å². The van der Waals surface area contributed by atoms with Crippen molar-refractivity contribution in [1.29, 1.82) is 0 Å². The van der Waals surface area contributed by atoms with Crippen molar-refractivity contribution in [3.63, 3.8) is 0 Å². The number of aryl methyl sites for hydroxylation is 1. The van der Waals surface area contributed by atoms with Crippen LogP contribution in [0.2, 0.25) is 5.02 Å². The Labute approximate surface area is 189 Å². The Kier molecular flexibility index (Phi) is 5.50. The van der Waals surface area contributed by atoms with E-state index in [0.29, 0.717) is 21.0 Å². The molecule has 31 heavy (non-hydrogen) atoms. The number of esters is 1. The lowest BCUT2D eigenvalue weighted by Crippen LogP contribution is -2.15. The first-order valence-corrected chi connectivity index (χ1v) is 11.0. The van der Waals surface area contributed by atoms with Gasteiger partial charge in [-0.3, -0.25) is 4.79 Å². The average Bonchev–Trinajstić information content (AvgIpc) is 3.26. The van der Waals surface area contributed by atoms with Gasteiger partial charge in [0.1, 0.15) is 10.5 Å². The minimum Gasteiger partial charge on any atom is -0.452 e. The number of hydrogen-bond donors (Lipinski definition) is 0. The van der Waals surface area contributed by atoms with Crippen LogP contribution in [0.3, 0.4) is 0 Å². The molecule has 0 N–H and O–H groups in total. The molecule has 0 bridgehead atoms. The summed E-state index contributed by atoms with van der Waals surface area (Å²) in [6.45, 7) is 8.21. The minimum atomic E-state index is -0.604. The van der Waals surface area contributed by atoms with Crippen molar-refractivity contribution in [3.05, 3.63) is 85.2 Å². The van der Waals surface area contributed by atoms with Crippen molar-refractivity contribution < 1.29 is 13.9 Å². The summed E-state index contributed by atoms with van der Waals surface area (Å²) in [7, 11) is 0. The highest BCUT2D eigenvalue weighted by atomic mass is 35.5. The van der Waals surface area contributed by atoms with Crippen LogP contribution in [-0.4, -0.2) is 5.97 Å². The molecule has 0 fully saturated rings. The maximum absolute atomic E-state index is 13.3. The fourth-order valence-corrected chi connectivity index (χ4v) is 4.00. The summed E-state index contributed by atoms with van der Waals surface area (Å²) in [5.41, 5.74) is 2.49. The van der Waals surface area contributed by atoms with E-state index in [4.69, 9.17) is 20.8 Å². The molecule has 4 rings (SSSR count). The van der Waals surface area contributed by atoms with Gasteiger partial charge in [-0.1, -0.05) is 62.7 Å². The first-order valence-electron chi connectivity index (χ1n) is 9.78. The Morgan fingerprint density at radius 2 is 1.81 bits per heavy atom. The van der Waals surface area contributed by atoms with Gasteiger partial charge >= 0.3 is 5.97 Å². The van der Waals surface area contributed by atoms with Crippen LogP contribution >= 0.6 is 22.9 Å². The molecular weight excluding hydrogens is 432 g/mol. The van der Waals surface area contributed by atoms with Crippen LogP contribution in [0.25, 0.3) is 22.3 Å². The summed E-state index contributed by atoms with van der Waals surface area (Å²) in [6.07, 6.45) is 0. The molecule has 0 unspecified atom stereocenters. The molecule has 0 saturated carbocycles. The number of benzene rings is 2. The summed E-state index contributed by atoms with van der Waals surface area (Å²) in [4.78, 5) is 26.4. The highest BCUT2D eigenvalue weighted by Gasteiger charge is 2.23. The number of fused-ring (bicyclic) bond motifs is 1. The van der Waals surface area contributed by atoms with E-state index >= 15 is 0 Å². The summed E-state index contributed by atoms with van der Waals surface area (Å²) in [5, 5.41) is 2.48. The second kappa shape index (κ2) is 7.98. The molecule has 0 aliphatic carbocycles. The molecule has 2 aromatic heterocycles. The summed E-state index contributed by atoms with van der Waals surface area (Å²) in [6, 6.07) is 14.4. The zero-order valence-corrected chi connectivity index (χ0v) is 19.2. The summed E-state index contributed by atoms with van der Waals surface area (Å²) in [5.74, 6) is -0.536. The van der Waals surface area contributed by atoms with E-state index in [9.17, 15) is 9.59 Å². The molecule has 4 aromatic rings. The fourth-order valence-electron chi connectivity index (χ4n) is 3.24. The Morgan fingerprint density at radius 1 is 1.10 bits per heavy atom. The molecule has 158 valence electrons. The van der Waals surface area contributed by atoms with E-state index in [1.807, 2.05) is 31.2 Å². The second-order valence-electron chi connectivity index (χ2n) is 8.38. The average molecular weight is 453 g/mol. The van der Waals surface area contributed by atoms with Gasteiger partial charge in [0.05, 0.1) is 5.39 Å². The normalized spacial score (nSPS) is 11.6. The Bertz CT molecular complexity index is 1330. The van der Waals surface area contributed by atoms with Gasteiger partial charge in [-0.05, 0) is 47.0 Å². The second-order valence-corrected chi connectivity index (χ2v) is 9.74. The maximum atomic E-state index is 13.3. The van der Waals surface area contributed by atoms with E-state index in [0.717, 1.165) is 11.1 Å².